The monoisotopic (exact) mass is 285 g/mol. The summed E-state index contributed by atoms with van der Waals surface area (Å²) in [5.41, 5.74) is 1.10. The molecule has 1 aromatic carbocycles. The van der Waals surface area contributed by atoms with E-state index in [0.717, 1.165) is 11.4 Å². The number of halogens is 1. The highest BCUT2D eigenvalue weighted by Gasteiger charge is 2.03. The average molecular weight is 285 g/mol. The van der Waals surface area contributed by atoms with E-state index in [9.17, 15) is 0 Å². The van der Waals surface area contributed by atoms with Crippen molar-refractivity contribution in [2.75, 3.05) is 0 Å². The molecule has 0 saturated carbocycles. The first kappa shape index (κ1) is 8.68. The Morgan fingerprint density at radius 1 is 1.38 bits per heavy atom. The van der Waals surface area contributed by atoms with Gasteiger partial charge in [-0.2, -0.15) is 5.10 Å². The van der Waals surface area contributed by atoms with Crippen LogP contribution < -0.4 is 0 Å². The predicted molar refractivity (Wildman–Crippen MR) is 59.2 cm³/mol. The third-order valence-corrected chi connectivity index (χ3v) is 2.47. The Morgan fingerprint density at radius 2 is 2.23 bits per heavy atom. The lowest BCUT2D eigenvalue weighted by Gasteiger charge is -1.99. The SMILES string of the molecule is Cn1ncnc1-c1cccc(I)c1. The van der Waals surface area contributed by atoms with Crippen molar-refractivity contribution in [2.24, 2.45) is 7.05 Å². The molecule has 2 aromatic rings. The van der Waals surface area contributed by atoms with E-state index in [1.54, 1.807) is 11.0 Å². The largest absolute Gasteiger partial charge is 0.249 e. The Hall–Kier alpha value is -0.910. The number of nitrogens with zero attached hydrogens (tertiary/aromatic N) is 3. The van der Waals surface area contributed by atoms with Crippen LogP contribution in [0.3, 0.4) is 0 Å². The van der Waals surface area contributed by atoms with Crippen molar-refractivity contribution in [2.45, 2.75) is 0 Å². The second-order valence-electron chi connectivity index (χ2n) is 2.72. The molecule has 0 unspecified atom stereocenters. The van der Waals surface area contributed by atoms with Crippen LogP contribution in [0.1, 0.15) is 0 Å². The number of benzene rings is 1. The third-order valence-electron chi connectivity index (χ3n) is 1.79. The highest BCUT2D eigenvalue weighted by atomic mass is 127. The van der Waals surface area contributed by atoms with Gasteiger partial charge in [-0.05, 0) is 34.7 Å². The van der Waals surface area contributed by atoms with E-state index in [4.69, 9.17) is 0 Å². The normalized spacial score (nSPS) is 10.3. The first-order chi connectivity index (χ1) is 6.27. The summed E-state index contributed by atoms with van der Waals surface area (Å²) in [6.07, 6.45) is 1.56. The third kappa shape index (κ3) is 1.72. The van der Waals surface area contributed by atoms with Crippen LogP contribution in [0.25, 0.3) is 11.4 Å². The Labute approximate surface area is 89.9 Å². The second-order valence-corrected chi connectivity index (χ2v) is 3.96. The molecule has 0 aliphatic heterocycles. The summed E-state index contributed by atoms with van der Waals surface area (Å²) in [5.74, 6) is 0.901. The molecule has 0 spiro atoms. The van der Waals surface area contributed by atoms with E-state index in [2.05, 4.69) is 44.8 Å². The molecule has 0 saturated heterocycles. The molecule has 0 atom stereocenters. The molecule has 13 heavy (non-hydrogen) atoms. The van der Waals surface area contributed by atoms with Crippen molar-refractivity contribution in [3.05, 3.63) is 34.2 Å². The Balaban J connectivity index is 2.53. The maximum atomic E-state index is 4.18. The van der Waals surface area contributed by atoms with Crippen molar-refractivity contribution in [3.8, 4) is 11.4 Å². The fourth-order valence-electron chi connectivity index (χ4n) is 1.19. The molecule has 0 radical (unpaired) electrons. The minimum atomic E-state index is 0.901. The number of aromatic nitrogens is 3. The number of rotatable bonds is 1. The molecule has 0 amide bonds. The molecule has 4 heteroatoms. The molecule has 0 aliphatic rings. The van der Waals surface area contributed by atoms with E-state index >= 15 is 0 Å². The van der Waals surface area contributed by atoms with Crippen molar-refractivity contribution >= 4 is 22.6 Å². The average Bonchev–Trinajstić information content (AvgIpc) is 2.51. The smallest absolute Gasteiger partial charge is 0.157 e. The molecule has 0 bridgehead atoms. The molecule has 3 nitrogen and oxygen atoms in total. The van der Waals surface area contributed by atoms with Crippen LogP contribution in [0.2, 0.25) is 0 Å². The molecule has 66 valence electrons. The van der Waals surface area contributed by atoms with Gasteiger partial charge in [0.25, 0.3) is 0 Å². The van der Waals surface area contributed by atoms with Gasteiger partial charge in [0.1, 0.15) is 6.33 Å². The summed E-state index contributed by atoms with van der Waals surface area (Å²) in [4.78, 5) is 4.18. The van der Waals surface area contributed by atoms with E-state index in [1.807, 2.05) is 19.2 Å². The molecule has 0 fully saturated rings. The summed E-state index contributed by atoms with van der Waals surface area (Å²) in [6.45, 7) is 0. The maximum Gasteiger partial charge on any atom is 0.157 e. The van der Waals surface area contributed by atoms with E-state index in [-0.39, 0.29) is 0 Å². The van der Waals surface area contributed by atoms with Crippen LogP contribution in [0.5, 0.6) is 0 Å². The first-order valence-corrected chi connectivity index (χ1v) is 4.95. The van der Waals surface area contributed by atoms with Gasteiger partial charge in [-0.15, -0.1) is 0 Å². The van der Waals surface area contributed by atoms with Gasteiger partial charge in [-0.1, -0.05) is 12.1 Å². The van der Waals surface area contributed by atoms with Crippen LogP contribution in [0, 0.1) is 3.57 Å². The van der Waals surface area contributed by atoms with Gasteiger partial charge in [0.15, 0.2) is 5.82 Å². The van der Waals surface area contributed by atoms with Crippen molar-refractivity contribution in [1.82, 2.24) is 14.8 Å². The zero-order valence-electron chi connectivity index (χ0n) is 7.11. The minimum Gasteiger partial charge on any atom is -0.249 e. The fraction of sp³-hybridized carbons (Fsp3) is 0.111. The zero-order valence-corrected chi connectivity index (χ0v) is 9.26. The molecule has 1 heterocycles. The minimum absolute atomic E-state index is 0.901. The Kier molecular flexibility index (Phi) is 2.30. The van der Waals surface area contributed by atoms with Gasteiger partial charge < -0.3 is 0 Å². The summed E-state index contributed by atoms with van der Waals surface area (Å²) >= 11 is 2.28. The van der Waals surface area contributed by atoms with Crippen molar-refractivity contribution < 1.29 is 0 Å². The lowest BCUT2D eigenvalue weighted by Crippen LogP contribution is -1.94. The van der Waals surface area contributed by atoms with Crippen LogP contribution in [0.4, 0.5) is 0 Å². The van der Waals surface area contributed by atoms with E-state index in [1.165, 1.54) is 3.57 Å². The van der Waals surface area contributed by atoms with Gasteiger partial charge in [0.2, 0.25) is 0 Å². The van der Waals surface area contributed by atoms with Crippen LogP contribution in [-0.4, -0.2) is 14.8 Å². The maximum absolute atomic E-state index is 4.18. The second kappa shape index (κ2) is 3.45. The number of hydrogen-bond acceptors (Lipinski definition) is 2. The molecule has 0 aliphatic carbocycles. The predicted octanol–water partition coefficient (Wildman–Crippen LogP) is 2.09. The summed E-state index contributed by atoms with van der Waals surface area (Å²) in [5, 5.41) is 4.03. The lowest BCUT2D eigenvalue weighted by molar-refractivity contribution is 0.774. The topological polar surface area (TPSA) is 30.7 Å². The van der Waals surface area contributed by atoms with E-state index < -0.39 is 0 Å². The summed E-state index contributed by atoms with van der Waals surface area (Å²) < 4.78 is 2.98. The number of aryl methyl sites for hydroxylation is 1. The first-order valence-electron chi connectivity index (χ1n) is 3.87. The van der Waals surface area contributed by atoms with Crippen molar-refractivity contribution in [3.63, 3.8) is 0 Å². The zero-order chi connectivity index (χ0) is 9.26. The standard InChI is InChI=1S/C9H8IN3/c1-13-9(11-6-12-13)7-3-2-4-8(10)5-7/h2-6H,1H3. The number of hydrogen-bond donors (Lipinski definition) is 0. The summed E-state index contributed by atoms with van der Waals surface area (Å²) in [7, 11) is 1.89. The molecular formula is C9H8IN3. The van der Waals surface area contributed by atoms with Gasteiger partial charge in [-0.3, -0.25) is 0 Å². The van der Waals surface area contributed by atoms with Gasteiger partial charge in [0, 0.05) is 16.2 Å². The summed E-state index contributed by atoms with van der Waals surface area (Å²) in [6, 6.07) is 8.20. The fourth-order valence-corrected chi connectivity index (χ4v) is 1.73. The van der Waals surface area contributed by atoms with Crippen molar-refractivity contribution in [1.29, 1.82) is 0 Å². The molecular weight excluding hydrogens is 277 g/mol. The highest BCUT2D eigenvalue weighted by Crippen LogP contribution is 2.17. The molecule has 1 aromatic heterocycles. The van der Waals surface area contributed by atoms with Gasteiger partial charge >= 0.3 is 0 Å². The van der Waals surface area contributed by atoms with Crippen LogP contribution in [-0.2, 0) is 7.05 Å². The van der Waals surface area contributed by atoms with Crippen LogP contribution in [0.15, 0.2) is 30.6 Å². The van der Waals surface area contributed by atoms with E-state index in [0.29, 0.717) is 0 Å². The van der Waals surface area contributed by atoms with Gasteiger partial charge in [0.05, 0.1) is 0 Å². The molecule has 0 N–H and O–H groups in total. The highest BCUT2D eigenvalue weighted by molar-refractivity contribution is 14.1. The molecule has 2 rings (SSSR count). The lowest BCUT2D eigenvalue weighted by atomic mass is 10.2. The quantitative estimate of drug-likeness (QED) is 0.751. The van der Waals surface area contributed by atoms with Crippen LogP contribution >= 0.6 is 22.6 Å². The van der Waals surface area contributed by atoms with Gasteiger partial charge in [-0.25, -0.2) is 9.67 Å². The Bertz CT molecular complexity index is 422. The Morgan fingerprint density at radius 3 is 2.85 bits per heavy atom.